The first-order chi connectivity index (χ1) is 18.4. The molecule has 0 radical (unpaired) electrons. The van der Waals surface area contributed by atoms with Crippen LogP contribution in [0.1, 0.15) is 19.4 Å². The zero-order chi connectivity index (χ0) is 27.1. The van der Waals surface area contributed by atoms with E-state index < -0.39 is 0 Å². The first-order valence-corrected chi connectivity index (χ1v) is 13.1. The Hall–Kier alpha value is -4.31. The maximum atomic E-state index is 13.3. The van der Waals surface area contributed by atoms with Crippen molar-refractivity contribution in [3.63, 3.8) is 0 Å². The van der Waals surface area contributed by atoms with Gasteiger partial charge in [0.1, 0.15) is 11.5 Å². The highest BCUT2D eigenvalue weighted by molar-refractivity contribution is 7.99. The van der Waals surface area contributed by atoms with Crippen LogP contribution in [0.15, 0.2) is 81.8 Å². The molecule has 0 saturated heterocycles. The second kappa shape index (κ2) is 12.3. The van der Waals surface area contributed by atoms with Gasteiger partial charge in [-0.3, -0.25) is 14.2 Å². The highest BCUT2D eigenvalue weighted by atomic mass is 32.2. The SMILES string of the molecule is CCN(CC)c1ccc(C=NNC(=O)CSc2nc3ccccc3c(=O)n2-c2ccc(OC)cc2)c(O)c1. The van der Waals surface area contributed by atoms with Crippen LogP contribution in [0.4, 0.5) is 5.69 Å². The molecular formula is C28H29N5O4S. The number of rotatable bonds is 10. The van der Waals surface area contributed by atoms with Crippen LogP contribution in [0.2, 0.25) is 0 Å². The summed E-state index contributed by atoms with van der Waals surface area (Å²) in [5, 5.41) is 15.2. The number of anilines is 1. The van der Waals surface area contributed by atoms with Gasteiger partial charge in [-0.25, -0.2) is 10.4 Å². The molecule has 10 heteroatoms. The Morgan fingerprint density at radius 3 is 2.55 bits per heavy atom. The topological polar surface area (TPSA) is 109 Å². The van der Waals surface area contributed by atoms with Crippen LogP contribution in [0.3, 0.4) is 0 Å². The van der Waals surface area contributed by atoms with E-state index >= 15 is 0 Å². The van der Waals surface area contributed by atoms with Gasteiger partial charge in [0.25, 0.3) is 11.5 Å². The van der Waals surface area contributed by atoms with Crippen molar-refractivity contribution in [2.75, 3.05) is 30.9 Å². The van der Waals surface area contributed by atoms with Gasteiger partial charge in [-0.05, 0) is 62.4 Å². The van der Waals surface area contributed by atoms with E-state index in [9.17, 15) is 14.7 Å². The number of aromatic hydroxyl groups is 1. The molecule has 2 N–H and O–H groups in total. The summed E-state index contributed by atoms with van der Waals surface area (Å²) in [7, 11) is 1.57. The predicted octanol–water partition coefficient (Wildman–Crippen LogP) is 4.19. The summed E-state index contributed by atoms with van der Waals surface area (Å²) in [5.41, 5.74) is 4.79. The van der Waals surface area contributed by atoms with Crippen molar-refractivity contribution in [1.82, 2.24) is 15.0 Å². The fourth-order valence-electron chi connectivity index (χ4n) is 3.93. The van der Waals surface area contributed by atoms with Crippen LogP contribution in [-0.2, 0) is 4.79 Å². The summed E-state index contributed by atoms with van der Waals surface area (Å²) in [5.74, 6) is 0.334. The summed E-state index contributed by atoms with van der Waals surface area (Å²) in [6, 6.07) is 19.5. The van der Waals surface area contributed by atoms with Crippen LogP contribution < -0.4 is 20.6 Å². The number of carbonyl (C=O) groups excluding carboxylic acids is 1. The van der Waals surface area contributed by atoms with Gasteiger partial charge in [0.15, 0.2) is 5.16 Å². The van der Waals surface area contributed by atoms with Gasteiger partial charge >= 0.3 is 0 Å². The number of fused-ring (bicyclic) bond motifs is 1. The number of hydrogen-bond donors (Lipinski definition) is 2. The lowest BCUT2D eigenvalue weighted by atomic mass is 10.2. The lowest BCUT2D eigenvalue weighted by Gasteiger charge is -2.21. The minimum absolute atomic E-state index is 0.0227. The first-order valence-electron chi connectivity index (χ1n) is 12.1. The number of phenolic OH excluding ortho intramolecular Hbond substituents is 1. The largest absolute Gasteiger partial charge is 0.507 e. The van der Waals surface area contributed by atoms with E-state index in [4.69, 9.17) is 4.74 Å². The van der Waals surface area contributed by atoms with Gasteiger partial charge in [0.2, 0.25) is 0 Å². The number of hydrogen-bond acceptors (Lipinski definition) is 8. The Balaban J connectivity index is 1.50. The molecule has 1 aromatic heterocycles. The number of benzene rings is 3. The molecule has 38 heavy (non-hydrogen) atoms. The highest BCUT2D eigenvalue weighted by Gasteiger charge is 2.15. The van der Waals surface area contributed by atoms with Crippen molar-refractivity contribution >= 4 is 40.5 Å². The fraction of sp³-hybridized carbons (Fsp3) is 0.214. The van der Waals surface area contributed by atoms with Crippen LogP contribution in [-0.4, -0.2) is 52.7 Å². The van der Waals surface area contributed by atoms with E-state index in [0.29, 0.717) is 33.1 Å². The third-order valence-corrected chi connectivity index (χ3v) is 6.88. The Labute approximate surface area is 224 Å². The molecule has 1 amide bonds. The van der Waals surface area contributed by atoms with E-state index in [0.717, 1.165) is 30.5 Å². The fourth-order valence-corrected chi connectivity index (χ4v) is 4.74. The molecule has 0 aliphatic carbocycles. The third-order valence-electron chi connectivity index (χ3n) is 5.94. The minimum atomic E-state index is -0.380. The number of hydrazone groups is 1. The lowest BCUT2D eigenvalue weighted by molar-refractivity contribution is -0.118. The van der Waals surface area contributed by atoms with Crippen LogP contribution in [0, 0.1) is 0 Å². The summed E-state index contributed by atoms with van der Waals surface area (Å²) in [6.07, 6.45) is 1.39. The molecule has 9 nitrogen and oxygen atoms in total. The number of phenols is 1. The quantitative estimate of drug-likeness (QED) is 0.137. The maximum Gasteiger partial charge on any atom is 0.266 e. The Kier molecular flexibility index (Phi) is 8.65. The maximum absolute atomic E-state index is 13.3. The summed E-state index contributed by atoms with van der Waals surface area (Å²) < 4.78 is 6.71. The van der Waals surface area contributed by atoms with Crippen molar-refractivity contribution in [2.24, 2.45) is 5.10 Å². The number of nitrogens with zero attached hydrogens (tertiary/aromatic N) is 4. The van der Waals surface area contributed by atoms with E-state index in [1.807, 2.05) is 26.0 Å². The molecule has 0 unspecified atom stereocenters. The van der Waals surface area contributed by atoms with E-state index in [1.165, 1.54) is 10.8 Å². The van der Waals surface area contributed by atoms with Gasteiger partial charge in [0.05, 0.1) is 35.7 Å². The standard InChI is InChI=1S/C28H29N5O4S/c1-4-32(5-2)21-11-10-19(25(34)16-21)17-29-31-26(35)18-38-28-30-24-9-7-6-8-23(24)27(36)33(28)20-12-14-22(37-3)15-13-20/h6-17,34H,4-5,18H2,1-3H3,(H,31,35). The van der Waals surface area contributed by atoms with Crippen molar-refractivity contribution in [2.45, 2.75) is 19.0 Å². The van der Waals surface area contributed by atoms with Gasteiger partial charge in [-0.2, -0.15) is 5.10 Å². The highest BCUT2D eigenvalue weighted by Crippen LogP contribution is 2.24. The molecule has 0 saturated carbocycles. The molecule has 4 rings (SSSR count). The number of carbonyl (C=O) groups is 1. The molecule has 0 aliphatic rings. The zero-order valence-corrected chi connectivity index (χ0v) is 22.2. The molecule has 0 aliphatic heterocycles. The van der Waals surface area contributed by atoms with Crippen molar-refractivity contribution in [3.8, 4) is 17.2 Å². The Morgan fingerprint density at radius 1 is 1.13 bits per heavy atom. The summed E-state index contributed by atoms with van der Waals surface area (Å²) in [6.45, 7) is 5.76. The Bertz CT molecular complexity index is 1510. The van der Waals surface area contributed by atoms with Gasteiger partial charge in [-0.1, -0.05) is 23.9 Å². The average molecular weight is 532 g/mol. The Morgan fingerprint density at radius 2 is 1.87 bits per heavy atom. The number of para-hydroxylation sites is 1. The van der Waals surface area contributed by atoms with Crippen molar-refractivity contribution < 1.29 is 14.6 Å². The van der Waals surface area contributed by atoms with Crippen molar-refractivity contribution in [1.29, 1.82) is 0 Å². The van der Waals surface area contributed by atoms with E-state index in [1.54, 1.807) is 61.7 Å². The lowest BCUT2D eigenvalue weighted by Crippen LogP contribution is -2.24. The molecule has 0 atom stereocenters. The molecule has 0 spiro atoms. The smallest absolute Gasteiger partial charge is 0.266 e. The zero-order valence-electron chi connectivity index (χ0n) is 21.4. The second-order valence-corrected chi connectivity index (χ2v) is 9.19. The molecule has 0 fully saturated rings. The number of nitrogens with one attached hydrogen (secondary N) is 1. The molecule has 1 heterocycles. The summed E-state index contributed by atoms with van der Waals surface area (Å²) >= 11 is 1.13. The van der Waals surface area contributed by atoms with E-state index in [2.05, 4.69) is 20.4 Å². The van der Waals surface area contributed by atoms with Crippen LogP contribution in [0.5, 0.6) is 11.5 Å². The van der Waals surface area contributed by atoms with Crippen LogP contribution >= 0.6 is 11.8 Å². The number of methoxy groups -OCH3 is 1. The third kappa shape index (κ3) is 5.97. The average Bonchev–Trinajstić information content (AvgIpc) is 2.94. The van der Waals surface area contributed by atoms with Crippen molar-refractivity contribution in [3.05, 3.63) is 82.6 Å². The first kappa shape index (κ1) is 26.7. The number of aromatic nitrogens is 2. The molecule has 3 aromatic carbocycles. The normalized spacial score (nSPS) is 11.1. The van der Waals surface area contributed by atoms with E-state index in [-0.39, 0.29) is 23.0 Å². The second-order valence-electron chi connectivity index (χ2n) is 8.25. The van der Waals surface area contributed by atoms with Crippen LogP contribution in [0.25, 0.3) is 16.6 Å². The monoisotopic (exact) mass is 531 g/mol. The van der Waals surface area contributed by atoms with Gasteiger partial charge in [0, 0.05) is 30.4 Å². The number of amides is 1. The number of thioether (sulfide) groups is 1. The summed E-state index contributed by atoms with van der Waals surface area (Å²) in [4.78, 5) is 32.6. The number of ether oxygens (including phenoxy) is 1. The predicted molar refractivity (Wildman–Crippen MR) is 152 cm³/mol. The minimum Gasteiger partial charge on any atom is -0.507 e. The van der Waals surface area contributed by atoms with Gasteiger partial charge in [-0.15, -0.1) is 0 Å². The van der Waals surface area contributed by atoms with Gasteiger partial charge < -0.3 is 14.7 Å². The molecule has 0 bridgehead atoms. The molecule has 4 aromatic rings. The molecule has 196 valence electrons. The molecular weight excluding hydrogens is 502 g/mol.